The second-order valence-electron chi connectivity index (χ2n) is 9.31. The Morgan fingerprint density at radius 1 is 1.23 bits per heavy atom. The molecule has 35 heavy (non-hydrogen) atoms. The number of amides is 1. The van der Waals surface area contributed by atoms with E-state index in [0.717, 1.165) is 12.1 Å². The molecule has 5 atom stereocenters. The molecule has 180 valence electrons. The quantitative estimate of drug-likeness (QED) is 0.664. The summed E-state index contributed by atoms with van der Waals surface area (Å²) in [7, 11) is 0. The summed E-state index contributed by atoms with van der Waals surface area (Å²) in [4.78, 5) is 20.7. The molecule has 0 aliphatic carbocycles. The minimum atomic E-state index is -4.74. The number of ether oxygens (including phenoxy) is 2. The van der Waals surface area contributed by atoms with Gasteiger partial charge >= 0.3 is 6.18 Å². The van der Waals surface area contributed by atoms with Crippen molar-refractivity contribution in [2.24, 2.45) is 11.8 Å². The first-order valence-electron chi connectivity index (χ1n) is 11.2. The molecule has 2 aromatic rings. The molecular weight excluding hydrogens is 463 g/mol. The molecule has 0 unspecified atom stereocenters. The van der Waals surface area contributed by atoms with Gasteiger partial charge in [0.15, 0.2) is 5.75 Å². The molecule has 3 fully saturated rings. The normalized spacial score (nSPS) is 32.8. The molecule has 4 heterocycles. The number of rotatable bonds is 4. The Balaban J connectivity index is 1.37. The van der Waals surface area contributed by atoms with Crippen LogP contribution in [0.4, 0.5) is 18.9 Å². The van der Waals surface area contributed by atoms with Crippen LogP contribution in [0.25, 0.3) is 0 Å². The van der Waals surface area contributed by atoms with Gasteiger partial charge in [-0.1, -0.05) is 18.2 Å². The van der Waals surface area contributed by atoms with Crippen LogP contribution < -0.4 is 15.2 Å². The molecule has 2 aromatic carbocycles. The van der Waals surface area contributed by atoms with Crippen LogP contribution in [0.1, 0.15) is 24.5 Å². The molecule has 7 nitrogen and oxygen atoms in total. The largest absolute Gasteiger partial charge is 0.417 e. The maximum absolute atomic E-state index is 13.7. The zero-order valence-electron chi connectivity index (χ0n) is 18.5. The highest BCUT2D eigenvalue weighted by Crippen LogP contribution is 2.64. The van der Waals surface area contributed by atoms with Crippen LogP contribution in [0.2, 0.25) is 0 Å². The van der Waals surface area contributed by atoms with Gasteiger partial charge in [-0.05, 0) is 43.3 Å². The number of alkyl halides is 3. The van der Waals surface area contributed by atoms with Gasteiger partial charge in [0.2, 0.25) is 5.91 Å². The van der Waals surface area contributed by atoms with Crippen LogP contribution in [0.5, 0.6) is 5.75 Å². The van der Waals surface area contributed by atoms with Gasteiger partial charge in [-0.3, -0.25) is 9.69 Å². The Morgan fingerprint density at radius 2 is 2.00 bits per heavy atom. The number of benzene rings is 2. The minimum Gasteiger partial charge on any atom is -0.382 e. The summed E-state index contributed by atoms with van der Waals surface area (Å²) in [5, 5.41) is 9.14. The zero-order chi connectivity index (χ0) is 24.6. The number of para-hydroxylation sites is 1. The van der Waals surface area contributed by atoms with Crippen molar-refractivity contribution in [2.45, 2.75) is 37.0 Å². The van der Waals surface area contributed by atoms with Crippen LogP contribution in [0, 0.1) is 23.2 Å². The van der Waals surface area contributed by atoms with Crippen molar-refractivity contribution in [1.82, 2.24) is 5.48 Å². The SMILES string of the molecule is C[C@@]12C=C(NOc3ccccc3)[C@]3(CCO[C@H]4[C@@H]3[C@@H]1C(=O)N4c1ccc(C#N)c(C(F)(F)F)c1)O2. The van der Waals surface area contributed by atoms with Crippen LogP contribution in [0.3, 0.4) is 0 Å². The van der Waals surface area contributed by atoms with Gasteiger partial charge in [-0.2, -0.15) is 18.4 Å². The lowest BCUT2D eigenvalue weighted by atomic mass is 9.68. The second kappa shape index (κ2) is 7.23. The number of carbonyl (C=O) groups excluding carboxylic acids is 1. The molecule has 4 aliphatic heterocycles. The van der Waals surface area contributed by atoms with Crippen molar-refractivity contribution in [1.29, 1.82) is 5.26 Å². The first kappa shape index (κ1) is 21.9. The lowest BCUT2D eigenvalue weighted by Crippen LogP contribution is -2.54. The predicted molar refractivity (Wildman–Crippen MR) is 115 cm³/mol. The van der Waals surface area contributed by atoms with Crippen molar-refractivity contribution in [2.75, 3.05) is 11.5 Å². The van der Waals surface area contributed by atoms with E-state index in [0.29, 0.717) is 17.9 Å². The predicted octanol–water partition coefficient (Wildman–Crippen LogP) is 3.91. The van der Waals surface area contributed by atoms with Gasteiger partial charge in [0.05, 0.1) is 46.9 Å². The highest BCUT2D eigenvalue weighted by atomic mass is 19.4. The Morgan fingerprint density at radius 3 is 2.71 bits per heavy atom. The van der Waals surface area contributed by atoms with E-state index < -0.39 is 46.6 Å². The van der Waals surface area contributed by atoms with Gasteiger partial charge in [0.1, 0.15) is 11.8 Å². The average molecular weight is 483 g/mol. The van der Waals surface area contributed by atoms with Gasteiger partial charge in [0.25, 0.3) is 0 Å². The van der Waals surface area contributed by atoms with Crippen molar-refractivity contribution >= 4 is 11.6 Å². The summed E-state index contributed by atoms with van der Waals surface area (Å²) in [6.45, 7) is 2.04. The topological polar surface area (TPSA) is 83.8 Å². The maximum Gasteiger partial charge on any atom is 0.417 e. The number of hydrogen-bond donors (Lipinski definition) is 1. The molecule has 2 bridgehead atoms. The number of nitrogens with zero attached hydrogens (tertiary/aromatic N) is 2. The number of anilines is 1. The fraction of sp³-hybridized carbons (Fsp3) is 0.360. The number of nitrogens with one attached hydrogen (secondary N) is 1. The zero-order valence-corrected chi connectivity index (χ0v) is 18.5. The highest BCUT2D eigenvalue weighted by Gasteiger charge is 2.76. The highest BCUT2D eigenvalue weighted by molar-refractivity contribution is 6.00. The third-order valence-electron chi connectivity index (χ3n) is 7.36. The standard InChI is InChI=1S/C25H20F3N3O4/c1-23-12-18(30-34-16-5-3-2-4-6-16)24(35-23)9-10-33-22-20(24)19(23)21(32)31(22)15-8-7-14(13-29)17(11-15)25(26,27)28/h2-8,11-12,19-20,22,30H,9-10H2,1H3/t19-,20+,22+,23-,24+/m1/s1. The minimum absolute atomic E-state index is 0.0378. The lowest BCUT2D eigenvalue weighted by Gasteiger charge is -2.42. The first-order chi connectivity index (χ1) is 16.7. The number of carbonyl (C=O) groups is 1. The van der Waals surface area contributed by atoms with Crippen LogP contribution in [0.15, 0.2) is 60.3 Å². The summed E-state index contributed by atoms with van der Waals surface area (Å²) in [5.41, 5.74) is 0.225. The van der Waals surface area contributed by atoms with Crippen LogP contribution >= 0.6 is 0 Å². The monoisotopic (exact) mass is 483 g/mol. The lowest BCUT2D eigenvalue weighted by molar-refractivity contribution is -0.139. The number of hydrogen-bond acceptors (Lipinski definition) is 6. The van der Waals surface area contributed by atoms with E-state index >= 15 is 0 Å². The molecule has 1 spiro atoms. The van der Waals surface area contributed by atoms with Crippen molar-refractivity contribution in [3.8, 4) is 11.8 Å². The van der Waals surface area contributed by atoms with Crippen molar-refractivity contribution in [3.63, 3.8) is 0 Å². The van der Waals surface area contributed by atoms with Gasteiger partial charge < -0.3 is 14.3 Å². The van der Waals surface area contributed by atoms with Crippen molar-refractivity contribution < 1.29 is 32.3 Å². The number of halogens is 3. The van der Waals surface area contributed by atoms with E-state index in [4.69, 9.17) is 19.6 Å². The summed E-state index contributed by atoms with van der Waals surface area (Å²) >= 11 is 0. The molecule has 0 radical (unpaired) electrons. The molecule has 1 amide bonds. The van der Waals surface area contributed by atoms with Gasteiger partial charge in [-0.25, -0.2) is 5.48 Å². The number of hydroxylamine groups is 1. The Labute approximate surface area is 198 Å². The van der Waals surface area contributed by atoms with E-state index in [2.05, 4.69) is 5.48 Å². The fourth-order valence-corrected chi connectivity index (χ4v) is 6.01. The second-order valence-corrected chi connectivity index (χ2v) is 9.31. The molecule has 10 heteroatoms. The summed E-state index contributed by atoms with van der Waals surface area (Å²) < 4.78 is 53.3. The van der Waals surface area contributed by atoms with E-state index in [9.17, 15) is 18.0 Å². The van der Waals surface area contributed by atoms with Gasteiger partial charge in [0, 0.05) is 12.1 Å². The smallest absolute Gasteiger partial charge is 0.382 e. The Bertz CT molecular complexity index is 1290. The summed E-state index contributed by atoms with van der Waals surface area (Å²) in [6.07, 6.45) is -3.27. The third kappa shape index (κ3) is 3.01. The van der Waals surface area contributed by atoms with Crippen molar-refractivity contribution in [3.05, 3.63) is 71.4 Å². The van der Waals surface area contributed by atoms with E-state index in [1.54, 1.807) is 25.1 Å². The van der Waals surface area contributed by atoms with E-state index in [1.165, 1.54) is 11.0 Å². The molecular formula is C25H20F3N3O4. The van der Waals surface area contributed by atoms with E-state index in [-0.39, 0.29) is 18.2 Å². The van der Waals surface area contributed by atoms with Gasteiger partial charge in [-0.15, -0.1) is 0 Å². The molecule has 0 aromatic heterocycles. The maximum atomic E-state index is 13.7. The number of fused-ring (bicyclic) bond motifs is 2. The molecule has 3 saturated heterocycles. The summed E-state index contributed by atoms with van der Waals surface area (Å²) in [5.74, 6) is -0.867. The summed E-state index contributed by atoms with van der Waals surface area (Å²) in [6, 6.07) is 14.0. The number of nitriles is 1. The molecule has 1 N–H and O–H groups in total. The fourth-order valence-electron chi connectivity index (χ4n) is 6.01. The molecule has 6 rings (SSSR count). The van der Waals surface area contributed by atoms with Crippen LogP contribution in [-0.4, -0.2) is 29.9 Å². The first-order valence-corrected chi connectivity index (χ1v) is 11.2. The molecule has 4 aliphatic rings. The van der Waals surface area contributed by atoms with Crippen LogP contribution in [-0.2, 0) is 20.4 Å². The van der Waals surface area contributed by atoms with E-state index in [1.807, 2.05) is 24.3 Å². The third-order valence-corrected chi connectivity index (χ3v) is 7.36. The molecule has 0 saturated carbocycles. The average Bonchev–Trinajstić information content (AvgIpc) is 3.40. The Kier molecular flexibility index (Phi) is 4.53. The Hall–Kier alpha value is -3.55.